The second-order valence-corrected chi connectivity index (χ2v) is 8.51. The smallest absolute Gasteiger partial charge is 0.416 e. The second kappa shape index (κ2) is 8.72. The highest BCUT2D eigenvalue weighted by Gasteiger charge is 2.47. The number of ether oxygens (including phenoxy) is 1. The Kier molecular flexibility index (Phi) is 6.08. The third-order valence-electron chi connectivity index (χ3n) is 6.21. The van der Waals surface area contributed by atoms with Crippen LogP contribution in [0.5, 0.6) is 5.88 Å². The number of hydrogen-bond acceptors (Lipinski definition) is 7. The number of pyridine rings is 1. The van der Waals surface area contributed by atoms with Crippen LogP contribution < -0.4 is 15.4 Å². The van der Waals surface area contributed by atoms with Crippen LogP contribution in [0.3, 0.4) is 0 Å². The van der Waals surface area contributed by atoms with Crippen molar-refractivity contribution in [2.45, 2.75) is 50.9 Å². The van der Waals surface area contributed by atoms with E-state index in [9.17, 15) is 18.4 Å². The van der Waals surface area contributed by atoms with Crippen LogP contribution in [0.15, 0.2) is 24.3 Å². The number of benzene rings is 1. The summed E-state index contributed by atoms with van der Waals surface area (Å²) in [5.41, 5.74) is 0.391. The predicted molar refractivity (Wildman–Crippen MR) is 121 cm³/mol. The van der Waals surface area contributed by atoms with E-state index in [-0.39, 0.29) is 5.56 Å². The van der Waals surface area contributed by atoms with E-state index in [2.05, 4.69) is 31.7 Å². The summed E-state index contributed by atoms with van der Waals surface area (Å²) in [6.07, 6.45) is -3.03. The maximum atomic E-state index is 13.4. The van der Waals surface area contributed by atoms with Crippen LogP contribution in [0, 0.1) is 18.3 Å². The second-order valence-electron chi connectivity index (χ2n) is 8.51. The van der Waals surface area contributed by atoms with Gasteiger partial charge < -0.3 is 15.4 Å². The van der Waals surface area contributed by atoms with Crippen LogP contribution in [-0.2, 0) is 18.1 Å². The number of rotatable bonds is 7. The largest absolute Gasteiger partial charge is 0.481 e. The van der Waals surface area contributed by atoms with E-state index in [0.717, 1.165) is 6.07 Å². The molecule has 0 spiro atoms. The standard InChI is InChI=1S/C24H25F3N6O/c1-13-15(6-5-7-17(13)24(25,26)27)14(2)30-20-16-10-18(23(12-28)8-9-23)22(34-4)33-21(16)32-19(31-20)11-29-3/h5-7,10,14,29H,8-9,11H2,1-4H3,(H,30,31,32,33)/t14-/m1/s1. The molecule has 10 heteroatoms. The summed E-state index contributed by atoms with van der Waals surface area (Å²) >= 11 is 0. The Morgan fingerprint density at radius 2 is 1.97 bits per heavy atom. The van der Waals surface area contributed by atoms with Crippen molar-refractivity contribution in [1.29, 1.82) is 5.26 Å². The number of anilines is 1. The van der Waals surface area contributed by atoms with Gasteiger partial charge in [0.2, 0.25) is 5.88 Å². The first-order valence-corrected chi connectivity index (χ1v) is 10.9. The fourth-order valence-corrected chi connectivity index (χ4v) is 4.21. The highest BCUT2D eigenvalue weighted by Crippen LogP contribution is 2.51. The molecule has 0 unspecified atom stereocenters. The zero-order chi connectivity index (χ0) is 24.7. The number of nitrogens with one attached hydrogen (secondary N) is 2. The van der Waals surface area contributed by atoms with E-state index in [1.807, 2.05) is 6.07 Å². The Hall–Kier alpha value is -3.45. The molecule has 3 aromatic rings. The summed E-state index contributed by atoms with van der Waals surface area (Å²) in [6.45, 7) is 3.62. The van der Waals surface area contributed by atoms with E-state index < -0.39 is 23.2 Å². The molecule has 0 radical (unpaired) electrons. The summed E-state index contributed by atoms with van der Waals surface area (Å²) in [4.78, 5) is 13.7. The lowest BCUT2D eigenvalue weighted by molar-refractivity contribution is -0.138. The molecule has 7 nitrogen and oxygen atoms in total. The molecule has 178 valence electrons. The third-order valence-corrected chi connectivity index (χ3v) is 6.21. The topological polar surface area (TPSA) is 95.8 Å². The average Bonchev–Trinajstić information content (AvgIpc) is 3.59. The summed E-state index contributed by atoms with van der Waals surface area (Å²) in [5, 5.41) is 16.6. The van der Waals surface area contributed by atoms with Crippen molar-refractivity contribution in [3.05, 3.63) is 52.3 Å². The molecule has 2 N–H and O–H groups in total. The third kappa shape index (κ3) is 4.23. The van der Waals surface area contributed by atoms with E-state index in [1.54, 1.807) is 20.0 Å². The normalized spacial score (nSPS) is 15.6. The molecule has 1 aliphatic rings. The molecule has 1 atom stereocenters. The summed E-state index contributed by atoms with van der Waals surface area (Å²) < 4.78 is 45.8. The molecule has 2 heterocycles. The van der Waals surface area contributed by atoms with Crippen LogP contribution >= 0.6 is 0 Å². The molecule has 0 saturated heterocycles. The van der Waals surface area contributed by atoms with Gasteiger partial charge >= 0.3 is 6.18 Å². The molecule has 0 aliphatic heterocycles. The Morgan fingerprint density at radius 3 is 2.56 bits per heavy atom. The molecule has 0 amide bonds. The van der Waals surface area contributed by atoms with E-state index in [4.69, 9.17) is 4.74 Å². The van der Waals surface area contributed by atoms with Crippen molar-refractivity contribution in [2.75, 3.05) is 19.5 Å². The summed E-state index contributed by atoms with van der Waals surface area (Å²) in [7, 11) is 3.26. The van der Waals surface area contributed by atoms with Gasteiger partial charge in [0.05, 0.1) is 42.1 Å². The van der Waals surface area contributed by atoms with Crippen molar-refractivity contribution in [3.63, 3.8) is 0 Å². The molecular weight excluding hydrogens is 445 g/mol. The van der Waals surface area contributed by atoms with Crippen molar-refractivity contribution in [2.24, 2.45) is 0 Å². The van der Waals surface area contributed by atoms with Crippen molar-refractivity contribution < 1.29 is 17.9 Å². The minimum Gasteiger partial charge on any atom is -0.481 e. The number of methoxy groups -OCH3 is 1. The number of aromatic nitrogens is 3. The number of hydrogen-bond donors (Lipinski definition) is 2. The summed E-state index contributed by atoms with van der Waals surface area (Å²) in [6, 6.07) is 7.84. The lowest BCUT2D eigenvalue weighted by Gasteiger charge is -2.22. The van der Waals surface area contributed by atoms with Crippen LogP contribution in [0.1, 0.15) is 53.9 Å². The Morgan fingerprint density at radius 1 is 1.24 bits per heavy atom. The van der Waals surface area contributed by atoms with Crippen LogP contribution in [0.2, 0.25) is 0 Å². The first kappa shape index (κ1) is 23.7. The van der Waals surface area contributed by atoms with Crippen LogP contribution in [-0.4, -0.2) is 29.1 Å². The van der Waals surface area contributed by atoms with Gasteiger partial charge in [-0.3, -0.25) is 0 Å². The van der Waals surface area contributed by atoms with Gasteiger partial charge in [0, 0.05) is 5.56 Å². The molecule has 4 rings (SSSR count). The van der Waals surface area contributed by atoms with E-state index >= 15 is 0 Å². The van der Waals surface area contributed by atoms with Gasteiger partial charge in [0.1, 0.15) is 11.6 Å². The monoisotopic (exact) mass is 470 g/mol. The number of nitrogens with zero attached hydrogens (tertiary/aromatic N) is 4. The zero-order valence-corrected chi connectivity index (χ0v) is 19.3. The zero-order valence-electron chi connectivity index (χ0n) is 19.3. The highest BCUT2D eigenvalue weighted by atomic mass is 19.4. The van der Waals surface area contributed by atoms with Gasteiger partial charge in [-0.2, -0.15) is 23.4 Å². The molecule has 1 aromatic carbocycles. The highest BCUT2D eigenvalue weighted by molar-refractivity contribution is 5.88. The van der Waals surface area contributed by atoms with Gasteiger partial charge in [-0.1, -0.05) is 12.1 Å². The average molecular weight is 470 g/mol. The number of fused-ring (bicyclic) bond motifs is 1. The molecule has 1 saturated carbocycles. The van der Waals surface area contributed by atoms with Crippen molar-refractivity contribution in [3.8, 4) is 11.9 Å². The Bertz CT molecular complexity index is 1280. The first-order chi connectivity index (χ1) is 16.1. The van der Waals surface area contributed by atoms with Gasteiger partial charge in [0.15, 0.2) is 5.65 Å². The lowest BCUT2D eigenvalue weighted by atomic mass is 9.96. The van der Waals surface area contributed by atoms with Gasteiger partial charge in [0.25, 0.3) is 0 Å². The molecule has 2 aromatic heterocycles. The van der Waals surface area contributed by atoms with E-state index in [1.165, 1.54) is 20.1 Å². The fraction of sp³-hybridized carbons (Fsp3) is 0.417. The van der Waals surface area contributed by atoms with Gasteiger partial charge in [-0.25, -0.2) is 9.97 Å². The predicted octanol–water partition coefficient (Wildman–Crippen LogP) is 4.81. The SMILES string of the molecule is CNCc1nc(N[C@H](C)c2cccc(C(F)(F)F)c2C)c2cc(C3(C#N)CC3)c(OC)nc2n1. The lowest BCUT2D eigenvalue weighted by Crippen LogP contribution is -2.17. The van der Waals surface area contributed by atoms with E-state index in [0.29, 0.717) is 59.1 Å². The quantitative estimate of drug-likeness (QED) is 0.512. The maximum absolute atomic E-state index is 13.4. The molecule has 1 aliphatic carbocycles. The van der Waals surface area contributed by atoms with Crippen LogP contribution in [0.25, 0.3) is 11.0 Å². The number of nitriles is 1. The number of halogens is 3. The first-order valence-electron chi connectivity index (χ1n) is 10.9. The minimum absolute atomic E-state index is 0.158. The molecule has 34 heavy (non-hydrogen) atoms. The minimum atomic E-state index is -4.44. The number of alkyl halides is 3. The molecule has 1 fully saturated rings. The molecule has 0 bridgehead atoms. The summed E-state index contributed by atoms with van der Waals surface area (Å²) in [5.74, 6) is 1.24. The van der Waals surface area contributed by atoms with Crippen LogP contribution in [0.4, 0.5) is 19.0 Å². The van der Waals surface area contributed by atoms with Gasteiger partial charge in [-0.15, -0.1) is 0 Å². The van der Waals surface area contributed by atoms with Gasteiger partial charge in [-0.05, 0) is 57.0 Å². The fourth-order valence-electron chi connectivity index (χ4n) is 4.21. The Labute approximate surface area is 195 Å². The van der Waals surface area contributed by atoms with Crippen molar-refractivity contribution >= 4 is 16.9 Å². The maximum Gasteiger partial charge on any atom is 0.416 e. The van der Waals surface area contributed by atoms with Crippen molar-refractivity contribution in [1.82, 2.24) is 20.3 Å². The molecular formula is C24H25F3N6O. The Balaban J connectivity index is 1.83.